The number of rotatable bonds is 9. The summed E-state index contributed by atoms with van der Waals surface area (Å²) in [5.41, 5.74) is 1.19. The second-order valence-corrected chi connectivity index (χ2v) is 8.52. The Morgan fingerprint density at radius 3 is 2.55 bits per heavy atom. The van der Waals surface area contributed by atoms with E-state index in [2.05, 4.69) is 20.8 Å². The van der Waals surface area contributed by atoms with Crippen LogP contribution in [0.5, 0.6) is 5.75 Å². The number of anilines is 1. The lowest BCUT2D eigenvalue weighted by atomic mass is 10.1. The molecular formula is C20H21N5O6S2. The van der Waals surface area contributed by atoms with E-state index in [1.807, 2.05) is 18.2 Å². The molecule has 3 rings (SSSR count). The summed E-state index contributed by atoms with van der Waals surface area (Å²) < 4.78 is 16.4. The molecule has 3 aromatic rings. The van der Waals surface area contributed by atoms with Gasteiger partial charge in [0.1, 0.15) is 21.3 Å². The Morgan fingerprint density at radius 2 is 1.85 bits per heavy atom. The number of carbonyl (C=O) groups is 3. The van der Waals surface area contributed by atoms with Gasteiger partial charge in [0.2, 0.25) is 11.1 Å². The Morgan fingerprint density at radius 1 is 1.12 bits per heavy atom. The number of nitrogens with one attached hydrogen (secondary N) is 1. The molecule has 1 aromatic carbocycles. The van der Waals surface area contributed by atoms with Crippen molar-refractivity contribution in [2.24, 2.45) is 0 Å². The number of hydrogen-bond acceptors (Lipinski definition) is 11. The van der Waals surface area contributed by atoms with E-state index in [0.717, 1.165) is 11.3 Å². The summed E-state index contributed by atoms with van der Waals surface area (Å²) in [6, 6.07) is 7.29. The SMILES string of the molecule is COC(=O)c1sc(NC(=O)CCSc2nnnn2-c2ccccc2OC)c(C(=O)OC)c1C. The Kier molecular flexibility index (Phi) is 8.01. The van der Waals surface area contributed by atoms with Crippen molar-refractivity contribution < 1.29 is 28.6 Å². The van der Waals surface area contributed by atoms with Crippen LogP contribution in [0.2, 0.25) is 0 Å². The molecule has 0 saturated carbocycles. The van der Waals surface area contributed by atoms with Crippen molar-refractivity contribution in [2.45, 2.75) is 18.5 Å². The minimum atomic E-state index is -0.653. The molecule has 2 heterocycles. The molecule has 0 fully saturated rings. The van der Waals surface area contributed by atoms with Gasteiger partial charge < -0.3 is 19.5 Å². The van der Waals surface area contributed by atoms with E-state index in [9.17, 15) is 14.4 Å². The number of benzene rings is 1. The normalized spacial score (nSPS) is 10.5. The van der Waals surface area contributed by atoms with Gasteiger partial charge in [-0.25, -0.2) is 9.59 Å². The van der Waals surface area contributed by atoms with Crippen LogP contribution in [0.15, 0.2) is 29.4 Å². The fraction of sp³-hybridized carbons (Fsp3) is 0.300. The number of nitrogens with zero attached hydrogens (tertiary/aromatic N) is 4. The number of carbonyl (C=O) groups excluding carboxylic acids is 3. The number of para-hydroxylation sites is 2. The highest BCUT2D eigenvalue weighted by atomic mass is 32.2. The number of tetrazole rings is 1. The standard InChI is InChI=1S/C20H21N5O6S2/c1-11-15(18(27)30-3)17(33-16(11)19(28)31-4)21-14(26)9-10-32-20-22-23-24-25(20)12-7-5-6-8-13(12)29-2/h5-8H,9-10H2,1-4H3,(H,21,26). The van der Waals surface area contributed by atoms with Gasteiger partial charge >= 0.3 is 11.9 Å². The van der Waals surface area contributed by atoms with Crippen LogP contribution in [0.1, 0.15) is 32.0 Å². The molecule has 0 aliphatic heterocycles. The van der Waals surface area contributed by atoms with Gasteiger partial charge in [-0.15, -0.1) is 16.4 Å². The molecule has 1 N–H and O–H groups in total. The number of hydrogen-bond donors (Lipinski definition) is 1. The number of esters is 2. The molecule has 0 radical (unpaired) electrons. The van der Waals surface area contributed by atoms with Gasteiger partial charge in [-0.1, -0.05) is 23.9 Å². The third kappa shape index (κ3) is 5.31. The number of amides is 1. The smallest absolute Gasteiger partial charge is 0.348 e. The van der Waals surface area contributed by atoms with E-state index >= 15 is 0 Å². The van der Waals surface area contributed by atoms with Crippen molar-refractivity contribution in [1.29, 1.82) is 0 Å². The summed E-state index contributed by atoms with van der Waals surface area (Å²) in [6.07, 6.45) is 0.106. The Labute approximate surface area is 197 Å². The van der Waals surface area contributed by atoms with E-state index in [-0.39, 0.29) is 27.8 Å². The molecule has 11 nitrogen and oxygen atoms in total. The predicted octanol–water partition coefficient (Wildman–Crippen LogP) is 2.73. The summed E-state index contributed by atoms with van der Waals surface area (Å²) in [7, 11) is 4.03. The third-order valence-electron chi connectivity index (χ3n) is 4.47. The minimum Gasteiger partial charge on any atom is -0.494 e. The highest BCUT2D eigenvalue weighted by molar-refractivity contribution is 7.99. The number of thioether (sulfide) groups is 1. The quantitative estimate of drug-likeness (QED) is 0.352. The van der Waals surface area contributed by atoms with Crippen LogP contribution in [0.4, 0.5) is 5.00 Å². The number of thiophene rings is 1. The predicted molar refractivity (Wildman–Crippen MR) is 121 cm³/mol. The zero-order valence-electron chi connectivity index (χ0n) is 18.3. The Bertz CT molecular complexity index is 1180. The molecule has 0 spiro atoms. The topological polar surface area (TPSA) is 135 Å². The van der Waals surface area contributed by atoms with Crippen molar-refractivity contribution in [1.82, 2.24) is 20.2 Å². The van der Waals surface area contributed by atoms with Crippen LogP contribution in [0, 0.1) is 6.92 Å². The summed E-state index contributed by atoms with van der Waals surface area (Å²) in [5, 5.41) is 15.1. The monoisotopic (exact) mass is 491 g/mol. The van der Waals surface area contributed by atoms with Gasteiger partial charge in [0.25, 0.3) is 0 Å². The fourth-order valence-electron chi connectivity index (χ4n) is 2.89. The largest absolute Gasteiger partial charge is 0.494 e. The van der Waals surface area contributed by atoms with E-state index in [0.29, 0.717) is 27.9 Å². The number of ether oxygens (including phenoxy) is 3. The van der Waals surface area contributed by atoms with Crippen molar-refractivity contribution in [3.8, 4) is 11.4 Å². The second-order valence-electron chi connectivity index (χ2n) is 6.44. The van der Waals surface area contributed by atoms with Gasteiger partial charge in [-0.3, -0.25) is 4.79 Å². The zero-order valence-corrected chi connectivity index (χ0v) is 19.9. The highest BCUT2D eigenvalue weighted by Crippen LogP contribution is 2.34. The van der Waals surface area contributed by atoms with Crippen LogP contribution in [-0.2, 0) is 14.3 Å². The fourth-order valence-corrected chi connectivity index (χ4v) is 4.84. The first-order valence-corrected chi connectivity index (χ1v) is 11.4. The van der Waals surface area contributed by atoms with E-state index in [1.54, 1.807) is 20.1 Å². The molecule has 1 amide bonds. The molecule has 33 heavy (non-hydrogen) atoms. The van der Waals surface area contributed by atoms with Crippen LogP contribution in [-0.4, -0.2) is 65.1 Å². The maximum Gasteiger partial charge on any atom is 0.348 e. The van der Waals surface area contributed by atoms with E-state index in [1.165, 1.54) is 30.7 Å². The first kappa shape index (κ1) is 24.2. The molecule has 2 aromatic heterocycles. The lowest BCUT2D eigenvalue weighted by Gasteiger charge is -2.09. The molecule has 0 saturated heterocycles. The Hall–Kier alpha value is -3.45. The maximum absolute atomic E-state index is 12.6. The van der Waals surface area contributed by atoms with Crippen molar-refractivity contribution in [3.05, 3.63) is 40.3 Å². The van der Waals surface area contributed by atoms with Crippen molar-refractivity contribution >= 4 is 45.9 Å². The van der Waals surface area contributed by atoms with Gasteiger partial charge in [-0.05, 0) is 35.0 Å². The molecular weight excluding hydrogens is 470 g/mol. The first-order valence-electron chi connectivity index (χ1n) is 9.55. The molecule has 174 valence electrons. The number of methoxy groups -OCH3 is 3. The van der Waals surface area contributed by atoms with Crippen LogP contribution >= 0.6 is 23.1 Å². The highest BCUT2D eigenvalue weighted by Gasteiger charge is 2.26. The van der Waals surface area contributed by atoms with Crippen LogP contribution in [0.3, 0.4) is 0 Å². The maximum atomic E-state index is 12.6. The van der Waals surface area contributed by atoms with Gasteiger partial charge in [0.15, 0.2) is 0 Å². The van der Waals surface area contributed by atoms with Crippen molar-refractivity contribution in [2.75, 3.05) is 32.4 Å². The lowest BCUT2D eigenvalue weighted by molar-refractivity contribution is -0.115. The van der Waals surface area contributed by atoms with Gasteiger partial charge in [-0.2, -0.15) is 4.68 Å². The lowest BCUT2D eigenvalue weighted by Crippen LogP contribution is -2.14. The minimum absolute atomic E-state index is 0.106. The van der Waals surface area contributed by atoms with Gasteiger partial charge in [0.05, 0.1) is 26.9 Å². The third-order valence-corrected chi connectivity index (χ3v) is 6.58. The van der Waals surface area contributed by atoms with Gasteiger partial charge in [0, 0.05) is 12.2 Å². The van der Waals surface area contributed by atoms with Crippen LogP contribution in [0.25, 0.3) is 5.69 Å². The van der Waals surface area contributed by atoms with Crippen LogP contribution < -0.4 is 10.1 Å². The average Bonchev–Trinajstić information content (AvgIpc) is 3.42. The second kappa shape index (κ2) is 10.9. The summed E-state index contributed by atoms with van der Waals surface area (Å²) in [5.74, 6) is -0.624. The van der Waals surface area contributed by atoms with E-state index < -0.39 is 11.9 Å². The molecule has 0 bridgehead atoms. The van der Waals surface area contributed by atoms with E-state index in [4.69, 9.17) is 14.2 Å². The summed E-state index contributed by atoms with van der Waals surface area (Å²) in [4.78, 5) is 37.0. The molecule has 0 aliphatic carbocycles. The Balaban J connectivity index is 1.69. The first-order chi connectivity index (χ1) is 15.9. The number of aromatic nitrogens is 4. The summed E-state index contributed by atoms with van der Waals surface area (Å²) >= 11 is 2.25. The average molecular weight is 492 g/mol. The molecule has 0 atom stereocenters. The molecule has 13 heteroatoms. The van der Waals surface area contributed by atoms with Crippen molar-refractivity contribution in [3.63, 3.8) is 0 Å². The molecule has 0 aliphatic rings. The molecule has 0 unspecified atom stereocenters. The zero-order chi connectivity index (χ0) is 24.0. The summed E-state index contributed by atoms with van der Waals surface area (Å²) in [6.45, 7) is 1.60.